The summed E-state index contributed by atoms with van der Waals surface area (Å²) in [4.78, 5) is 37.2. The molecule has 1 N–H and O–H groups in total. The van der Waals surface area contributed by atoms with Crippen LogP contribution in [0, 0.1) is 5.82 Å². The van der Waals surface area contributed by atoms with E-state index in [4.69, 9.17) is 0 Å². The number of rotatable bonds is 2. The number of hydrogen-bond acceptors (Lipinski definition) is 6. The molecule has 0 radical (unpaired) electrons. The summed E-state index contributed by atoms with van der Waals surface area (Å²) >= 11 is 0. The molecule has 1 aromatic rings. The number of carbonyl (C=O) groups is 3. The molecule has 1 aromatic carbocycles. The monoisotopic (exact) mass is 305 g/mol. The Balaban J connectivity index is 1.87. The van der Waals surface area contributed by atoms with Crippen LogP contribution < -0.4 is 10.3 Å². The molecule has 22 heavy (non-hydrogen) atoms. The van der Waals surface area contributed by atoms with Gasteiger partial charge < -0.3 is 4.74 Å². The molecule has 2 amide bonds. The fraction of sp³-hybridized carbons (Fsp3) is 0.286. The van der Waals surface area contributed by atoms with Crippen LogP contribution >= 0.6 is 0 Å². The number of nitrogens with one attached hydrogen (secondary N) is 1. The summed E-state index contributed by atoms with van der Waals surface area (Å²) in [6, 6.07) is 5.03. The fourth-order valence-electron chi connectivity index (χ4n) is 2.59. The summed E-state index contributed by atoms with van der Waals surface area (Å²) in [5, 5.41) is 3.80. The van der Waals surface area contributed by atoms with Crippen molar-refractivity contribution in [2.45, 2.75) is 18.4 Å². The molecule has 1 fully saturated rings. The van der Waals surface area contributed by atoms with Gasteiger partial charge in [-0.1, -0.05) is 0 Å². The molecule has 0 saturated carbocycles. The number of benzene rings is 1. The molecule has 114 valence electrons. The van der Waals surface area contributed by atoms with Crippen LogP contribution in [0.2, 0.25) is 0 Å². The first-order chi connectivity index (χ1) is 10.5. The van der Waals surface area contributed by atoms with Crippen LogP contribution in [0.15, 0.2) is 29.4 Å². The van der Waals surface area contributed by atoms with E-state index in [0.29, 0.717) is 0 Å². The van der Waals surface area contributed by atoms with Crippen LogP contribution in [0.4, 0.5) is 10.1 Å². The second-order valence-corrected chi connectivity index (χ2v) is 5.11. The summed E-state index contributed by atoms with van der Waals surface area (Å²) in [7, 11) is 1.21. The second kappa shape index (κ2) is 4.90. The van der Waals surface area contributed by atoms with E-state index in [0.717, 1.165) is 4.90 Å². The molecule has 7 nitrogen and oxygen atoms in total. The van der Waals surface area contributed by atoms with Crippen LogP contribution in [0.25, 0.3) is 0 Å². The molecule has 2 aliphatic heterocycles. The van der Waals surface area contributed by atoms with E-state index in [1.54, 1.807) is 0 Å². The van der Waals surface area contributed by atoms with Gasteiger partial charge in [0.1, 0.15) is 17.1 Å². The minimum Gasteiger partial charge on any atom is -0.464 e. The minimum absolute atomic E-state index is 0.0259. The van der Waals surface area contributed by atoms with Crippen molar-refractivity contribution in [3.63, 3.8) is 0 Å². The standard InChI is InChI=1S/C14H12FN3O4/c1-22-12(20)10-6-14(17-16-10)7-11(19)18(13(14)21)9-4-2-8(15)3-5-9/h2-5,17H,6-7H2,1H3/t14-/m0/s1. The summed E-state index contributed by atoms with van der Waals surface area (Å²) < 4.78 is 17.5. The maximum Gasteiger partial charge on any atom is 0.354 e. The smallest absolute Gasteiger partial charge is 0.354 e. The number of imide groups is 1. The molecule has 2 aliphatic rings. The van der Waals surface area contributed by atoms with Gasteiger partial charge in [0.25, 0.3) is 5.91 Å². The molecule has 1 spiro atoms. The van der Waals surface area contributed by atoms with Crippen molar-refractivity contribution >= 4 is 29.2 Å². The average molecular weight is 305 g/mol. The van der Waals surface area contributed by atoms with Crippen LogP contribution in [0.1, 0.15) is 12.8 Å². The first-order valence-electron chi connectivity index (χ1n) is 6.52. The lowest BCUT2D eigenvalue weighted by Crippen LogP contribution is -2.47. The Bertz CT molecular complexity index is 701. The van der Waals surface area contributed by atoms with Crippen LogP contribution in [-0.2, 0) is 19.1 Å². The third kappa shape index (κ3) is 2.03. The number of halogens is 1. The number of ether oxygens (including phenoxy) is 1. The molecular weight excluding hydrogens is 293 g/mol. The van der Waals surface area contributed by atoms with Gasteiger partial charge in [0, 0.05) is 6.42 Å². The van der Waals surface area contributed by atoms with E-state index in [9.17, 15) is 18.8 Å². The number of esters is 1. The molecule has 8 heteroatoms. The molecule has 0 bridgehead atoms. The third-order valence-corrected chi connectivity index (χ3v) is 3.69. The Kier molecular flexibility index (Phi) is 3.16. The van der Waals surface area contributed by atoms with Crippen molar-refractivity contribution in [1.29, 1.82) is 0 Å². The van der Waals surface area contributed by atoms with E-state index in [-0.39, 0.29) is 24.2 Å². The van der Waals surface area contributed by atoms with E-state index >= 15 is 0 Å². The maximum absolute atomic E-state index is 13.0. The van der Waals surface area contributed by atoms with Crippen molar-refractivity contribution in [3.05, 3.63) is 30.1 Å². The first-order valence-corrected chi connectivity index (χ1v) is 6.52. The number of amides is 2. The van der Waals surface area contributed by atoms with E-state index in [2.05, 4.69) is 15.3 Å². The van der Waals surface area contributed by atoms with Gasteiger partial charge in [-0.25, -0.2) is 14.1 Å². The van der Waals surface area contributed by atoms with Crippen molar-refractivity contribution < 1.29 is 23.5 Å². The Morgan fingerprint density at radius 3 is 2.64 bits per heavy atom. The van der Waals surface area contributed by atoms with E-state index in [1.165, 1.54) is 31.4 Å². The lowest BCUT2D eigenvalue weighted by Gasteiger charge is -2.21. The SMILES string of the molecule is COC(=O)C1=NN[C@]2(CC(=O)N(c3ccc(F)cc3)C2=O)C1. The molecule has 0 aromatic heterocycles. The molecule has 0 unspecified atom stereocenters. The minimum atomic E-state index is -1.27. The highest BCUT2D eigenvalue weighted by atomic mass is 19.1. The van der Waals surface area contributed by atoms with Gasteiger partial charge in [0.05, 0.1) is 19.2 Å². The van der Waals surface area contributed by atoms with E-state index in [1.807, 2.05) is 0 Å². The van der Waals surface area contributed by atoms with Crippen LogP contribution in [0.3, 0.4) is 0 Å². The van der Waals surface area contributed by atoms with E-state index < -0.39 is 29.1 Å². The Hall–Kier alpha value is -2.77. The quantitative estimate of drug-likeness (QED) is 0.629. The zero-order valence-corrected chi connectivity index (χ0v) is 11.6. The summed E-state index contributed by atoms with van der Waals surface area (Å²) in [6.45, 7) is 0. The maximum atomic E-state index is 13.0. The third-order valence-electron chi connectivity index (χ3n) is 3.69. The Morgan fingerprint density at radius 1 is 1.32 bits per heavy atom. The second-order valence-electron chi connectivity index (χ2n) is 5.11. The highest BCUT2D eigenvalue weighted by molar-refractivity contribution is 6.39. The summed E-state index contributed by atoms with van der Waals surface area (Å²) in [5.41, 5.74) is 1.66. The summed E-state index contributed by atoms with van der Waals surface area (Å²) in [6.07, 6.45) is -0.158. The molecule has 1 saturated heterocycles. The topological polar surface area (TPSA) is 88.1 Å². The number of carbonyl (C=O) groups excluding carboxylic acids is 3. The number of nitrogens with zero attached hydrogens (tertiary/aromatic N) is 2. The van der Waals surface area contributed by atoms with Gasteiger partial charge in [-0.05, 0) is 24.3 Å². The van der Waals surface area contributed by atoms with Crippen LogP contribution in [-0.4, -0.2) is 36.1 Å². The predicted molar refractivity (Wildman–Crippen MR) is 73.4 cm³/mol. The lowest BCUT2D eigenvalue weighted by atomic mass is 9.93. The van der Waals surface area contributed by atoms with Gasteiger partial charge in [-0.2, -0.15) is 5.10 Å². The molecule has 0 aliphatic carbocycles. The normalized spacial score (nSPS) is 23.7. The number of hydrazone groups is 1. The van der Waals surface area contributed by atoms with Crippen molar-refractivity contribution in [2.75, 3.05) is 12.0 Å². The average Bonchev–Trinajstić information content (AvgIpc) is 3.03. The van der Waals surface area contributed by atoms with Crippen LogP contribution in [0.5, 0.6) is 0 Å². The predicted octanol–water partition coefficient (Wildman–Crippen LogP) is 0.350. The number of methoxy groups -OCH3 is 1. The van der Waals surface area contributed by atoms with Crippen molar-refractivity contribution in [1.82, 2.24) is 5.43 Å². The Morgan fingerprint density at radius 2 is 2.00 bits per heavy atom. The number of anilines is 1. The Labute approximate surface area is 124 Å². The first kappa shape index (κ1) is 14.2. The van der Waals surface area contributed by atoms with Gasteiger partial charge in [-0.15, -0.1) is 0 Å². The summed E-state index contributed by atoms with van der Waals surface area (Å²) in [5.74, 6) is -2.07. The number of hydrogen-bond donors (Lipinski definition) is 1. The molecular formula is C14H12FN3O4. The highest BCUT2D eigenvalue weighted by Gasteiger charge is 2.56. The zero-order chi connectivity index (χ0) is 15.9. The lowest BCUT2D eigenvalue weighted by molar-refractivity contribution is -0.132. The van der Waals surface area contributed by atoms with Gasteiger partial charge in [0.15, 0.2) is 0 Å². The molecule has 3 rings (SSSR count). The molecule has 2 heterocycles. The molecule has 1 atom stereocenters. The van der Waals surface area contributed by atoms with Crippen molar-refractivity contribution in [3.8, 4) is 0 Å². The van der Waals surface area contributed by atoms with Gasteiger partial charge in [-0.3, -0.25) is 15.0 Å². The van der Waals surface area contributed by atoms with Gasteiger partial charge >= 0.3 is 5.97 Å². The largest absolute Gasteiger partial charge is 0.464 e. The van der Waals surface area contributed by atoms with Crippen molar-refractivity contribution in [2.24, 2.45) is 5.10 Å². The highest BCUT2D eigenvalue weighted by Crippen LogP contribution is 2.34. The zero-order valence-electron chi connectivity index (χ0n) is 11.6. The van der Waals surface area contributed by atoms with Gasteiger partial charge in [0.2, 0.25) is 5.91 Å². The fourth-order valence-corrected chi connectivity index (χ4v) is 2.59.